The van der Waals surface area contributed by atoms with Crippen molar-refractivity contribution in [2.45, 2.75) is 30.6 Å². The number of halogens is 1. The van der Waals surface area contributed by atoms with Crippen molar-refractivity contribution in [3.8, 4) is 17.0 Å². The predicted molar refractivity (Wildman–Crippen MR) is 83.5 cm³/mol. The molecule has 1 aromatic carbocycles. The van der Waals surface area contributed by atoms with Crippen molar-refractivity contribution in [3.05, 3.63) is 30.2 Å². The third-order valence-electron chi connectivity index (χ3n) is 4.26. The van der Waals surface area contributed by atoms with Gasteiger partial charge in [0.15, 0.2) is 9.84 Å². The number of methoxy groups -OCH3 is 1. The molecule has 1 aliphatic rings. The highest BCUT2D eigenvalue weighted by atomic mass is 32.2. The SMILES string of the molecule is COc1ccc(F)cc1-c1cn([C@@H]2CCC[C@H]2S(C)(=O)=O)nn1. The summed E-state index contributed by atoms with van der Waals surface area (Å²) in [5, 5.41) is 7.68. The number of ether oxygens (including phenoxy) is 1. The molecule has 0 aliphatic heterocycles. The highest BCUT2D eigenvalue weighted by Gasteiger charge is 2.36. The van der Waals surface area contributed by atoms with Crippen molar-refractivity contribution in [2.75, 3.05) is 13.4 Å². The van der Waals surface area contributed by atoms with Crippen LogP contribution in [-0.4, -0.2) is 42.0 Å². The first kappa shape index (κ1) is 15.9. The van der Waals surface area contributed by atoms with Crippen molar-refractivity contribution in [1.82, 2.24) is 15.0 Å². The Morgan fingerprint density at radius 1 is 1.35 bits per heavy atom. The number of sulfone groups is 1. The summed E-state index contributed by atoms with van der Waals surface area (Å²) < 4.78 is 44.1. The molecule has 8 heteroatoms. The van der Waals surface area contributed by atoms with E-state index in [1.54, 1.807) is 10.9 Å². The van der Waals surface area contributed by atoms with E-state index in [-0.39, 0.29) is 6.04 Å². The smallest absolute Gasteiger partial charge is 0.152 e. The Morgan fingerprint density at radius 3 is 2.83 bits per heavy atom. The van der Waals surface area contributed by atoms with Crippen LogP contribution in [0, 0.1) is 5.82 Å². The fourth-order valence-corrected chi connectivity index (χ4v) is 4.58. The molecule has 124 valence electrons. The number of aromatic nitrogens is 3. The van der Waals surface area contributed by atoms with Gasteiger partial charge in [0.1, 0.15) is 17.3 Å². The molecule has 1 aliphatic carbocycles. The Bertz CT molecular complexity index is 819. The molecule has 0 amide bonds. The summed E-state index contributed by atoms with van der Waals surface area (Å²) in [5.74, 6) is 0.0924. The Balaban J connectivity index is 1.97. The molecule has 0 bridgehead atoms. The first-order valence-corrected chi connectivity index (χ1v) is 9.30. The quantitative estimate of drug-likeness (QED) is 0.854. The molecule has 0 N–H and O–H groups in total. The summed E-state index contributed by atoms with van der Waals surface area (Å²) in [6.45, 7) is 0. The van der Waals surface area contributed by atoms with E-state index in [1.807, 2.05) is 0 Å². The highest BCUT2D eigenvalue weighted by Crippen LogP contribution is 2.36. The van der Waals surface area contributed by atoms with Gasteiger partial charge in [0.2, 0.25) is 0 Å². The van der Waals surface area contributed by atoms with Gasteiger partial charge in [-0.1, -0.05) is 5.21 Å². The molecule has 0 unspecified atom stereocenters. The van der Waals surface area contributed by atoms with Crippen LogP contribution in [0.5, 0.6) is 5.75 Å². The van der Waals surface area contributed by atoms with Crippen LogP contribution in [0.25, 0.3) is 11.3 Å². The van der Waals surface area contributed by atoms with E-state index >= 15 is 0 Å². The summed E-state index contributed by atoms with van der Waals surface area (Å²) in [5.41, 5.74) is 0.952. The van der Waals surface area contributed by atoms with Gasteiger partial charge in [0.05, 0.1) is 24.6 Å². The normalized spacial score (nSPS) is 21.5. The fraction of sp³-hybridized carbons (Fsp3) is 0.467. The average molecular weight is 339 g/mol. The first-order valence-electron chi connectivity index (χ1n) is 7.35. The lowest BCUT2D eigenvalue weighted by molar-refractivity contribution is 0.415. The van der Waals surface area contributed by atoms with Crippen molar-refractivity contribution < 1.29 is 17.5 Å². The number of nitrogens with zero attached hydrogens (tertiary/aromatic N) is 3. The molecule has 0 spiro atoms. The van der Waals surface area contributed by atoms with Gasteiger partial charge >= 0.3 is 0 Å². The molecule has 0 saturated heterocycles. The van der Waals surface area contributed by atoms with Gasteiger partial charge in [-0.3, -0.25) is 0 Å². The monoisotopic (exact) mass is 339 g/mol. The van der Waals surface area contributed by atoms with Gasteiger partial charge in [0.25, 0.3) is 0 Å². The minimum atomic E-state index is -3.15. The summed E-state index contributed by atoms with van der Waals surface area (Å²) in [4.78, 5) is 0. The second-order valence-electron chi connectivity index (χ2n) is 5.79. The van der Waals surface area contributed by atoms with E-state index in [2.05, 4.69) is 10.3 Å². The largest absolute Gasteiger partial charge is 0.496 e. The van der Waals surface area contributed by atoms with Gasteiger partial charge in [0, 0.05) is 11.8 Å². The molecule has 1 saturated carbocycles. The van der Waals surface area contributed by atoms with Crippen LogP contribution in [0.3, 0.4) is 0 Å². The minimum Gasteiger partial charge on any atom is -0.496 e. The highest BCUT2D eigenvalue weighted by molar-refractivity contribution is 7.91. The van der Waals surface area contributed by atoms with E-state index in [1.165, 1.54) is 31.6 Å². The summed E-state index contributed by atoms with van der Waals surface area (Å²) >= 11 is 0. The molecule has 2 atom stereocenters. The summed E-state index contributed by atoms with van der Waals surface area (Å²) in [7, 11) is -1.65. The van der Waals surface area contributed by atoms with Gasteiger partial charge in [-0.25, -0.2) is 17.5 Å². The summed E-state index contributed by atoms with van der Waals surface area (Å²) in [6, 6.07) is 3.93. The molecule has 1 aromatic heterocycles. The zero-order chi connectivity index (χ0) is 16.6. The maximum atomic E-state index is 13.5. The third kappa shape index (κ3) is 3.08. The lowest BCUT2D eigenvalue weighted by atomic mass is 10.1. The number of rotatable bonds is 4. The average Bonchev–Trinajstić information content (AvgIpc) is 3.15. The lowest BCUT2D eigenvalue weighted by Gasteiger charge is -2.17. The van der Waals surface area contributed by atoms with E-state index in [4.69, 9.17) is 4.74 Å². The van der Waals surface area contributed by atoms with Crippen LogP contribution in [0.15, 0.2) is 24.4 Å². The standard InChI is InChI=1S/C15H18FN3O3S/c1-22-14-7-6-10(16)8-11(14)12-9-19(18-17-12)13-4-3-5-15(13)23(2,20)21/h6-9,13,15H,3-5H2,1-2H3/t13-,15-/m1/s1. The van der Waals surface area contributed by atoms with Crippen molar-refractivity contribution in [3.63, 3.8) is 0 Å². The van der Waals surface area contributed by atoms with Gasteiger partial charge < -0.3 is 4.74 Å². The molecular formula is C15H18FN3O3S. The summed E-state index contributed by atoms with van der Waals surface area (Å²) in [6.07, 6.45) is 5.11. The molecule has 23 heavy (non-hydrogen) atoms. The maximum Gasteiger partial charge on any atom is 0.152 e. The zero-order valence-electron chi connectivity index (χ0n) is 12.9. The van der Waals surface area contributed by atoms with Crippen molar-refractivity contribution in [1.29, 1.82) is 0 Å². The third-order valence-corrected chi connectivity index (χ3v) is 5.90. The first-order chi connectivity index (χ1) is 10.9. The molecule has 1 heterocycles. The minimum absolute atomic E-state index is 0.231. The molecule has 2 aromatic rings. The van der Waals surface area contributed by atoms with Gasteiger partial charge in [-0.05, 0) is 37.5 Å². The molecule has 0 radical (unpaired) electrons. The van der Waals surface area contributed by atoms with E-state index in [0.717, 1.165) is 12.8 Å². The maximum absolute atomic E-state index is 13.5. The number of hydrogen-bond acceptors (Lipinski definition) is 5. The van der Waals surface area contributed by atoms with Gasteiger partial charge in [-0.15, -0.1) is 5.10 Å². The second-order valence-corrected chi connectivity index (χ2v) is 8.06. The van der Waals surface area contributed by atoms with Crippen LogP contribution in [0.2, 0.25) is 0 Å². The van der Waals surface area contributed by atoms with Crippen molar-refractivity contribution in [2.24, 2.45) is 0 Å². The molecular weight excluding hydrogens is 321 g/mol. The Hall–Kier alpha value is -1.96. The number of hydrogen-bond donors (Lipinski definition) is 0. The van der Waals surface area contributed by atoms with E-state index < -0.39 is 20.9 Å². The van der Waals surface area contributed by atoms with Crippen LogP contribution in [0.1, 0.15) is 25.3 Å². The van der Waals surface area contributed by atoms with Crippen LogP contribution < -0.4 is 4.74 Å². The van der Waals surface area contributed by atoms with Gasteiger partial charge in [-0.2, -0.15) is 0 Å². The lowest BCUT2D eigenvalue weighted by Crippen LogP contribution is -2.27. The Kier molecular flexibility index (Phi) is 4.09. The molecule has 6 nitrogen and oxygen atoms in total. The molecule has 3 rings (SSSR count). The van der Waals surface area contributed by atoms with E-state index in [0.29, 0.717) is 23.4 Å². The predicted octanol–water partition coefficient (Wildman–Crippen LogP) is 2.23. The Morgan fingerprint density at radius 2 is 2.13 bits per heavy atom. The van der Waals surface area contributed by atoms with Crippen LogP contribution in [-0.2, 0) is 9.84 Å². The second kappa shape index (κ2) is 5.92. The van der Waals surface area contributed by atoms with Crippen LogP contribution in [0.4, 0.5) is 4.39 Å². The van der Waals surface area contributed by atoms with Crippen LogP contribution >= 0.6 is 0 Å². The fourth-order valence-electron chi connectivity index (χ4n) is 3.15. The zero-order valence-corrected chi connectivity index (χ0v) is 13.8. The Labute approximate surface area is 134 Å². The number of benzene rings is 1. The topological polar surface area (TPSA) is 74.1 Å². The van der Waals surface area contributed by atoms with E-state index in [9.17, 15) is 12.8 Å². The molecule has 1 fully saturated rings. The van der Waals surface area contributed by atoms with Crippen molar-refractivity contribution >= 4 is 9.84 Å².